The van der Waals surface area contributed by atoms with Crippen molar-refractivity contribution in [3.63, 3.8) is 0 Å². The van der Waals surface area contributed by atoms with E-state index in [0.29, 0.717) is 16.7 Å². The molecule has 8 atom stereocenters. The van der Waals surface area contributed by atoms with Crippen LogP contribution in [0.15, 0.2) is 11.6 Å². The summed E-state index contributed by atoms with van der Waals surface area (Å²) in [5.74, 6) is 2.70. The highest BCUT2D eigenvalue weighted by Crippen LogP contribution is 2.67. The minimum absolute atomic E-state index is 0.0408. The minimum atomic E-state index is -0.135. The highest BCUT2D eigenvalue weighted by molar-refractivity contribution is 5.66. The van der Waals surface area contributed by atoms with E-state index < -0.39 is 0 Å². The molecule has 1 N–H and O–H groups in total. The zero-order valence-electron chi connectivity index (χ0n) is 17.7. The largest absolute Gasteiger partial charge is 0.463 e. The molecule has 152 valence electrons. The van der Waals surface area contributed by atoms with Gasteiger partial charge in [0, 0.05) is 12.8 Å². The van der Waals surface area contributed by atoms with Gasteiger partial charge in [0.1, 0.15) is 6.10 Å². The van der Waals surface area contributed by atoms with Crippen LogP contribution >= 0.6 is 0 Å². The molecule has 3 saturated carbocycles. The number of hydrogen-bond donors (Lipinski definition) is 1. The van der Waals surface area contributed by atoms with Gasteiger partial charge in [-0.2, -0.15) is 0 Å². The van der Waals surface area contributed by atoms with Crippen molar-refractivity contribution in [1.29, 1.82) is 0 Å². The molecule has 3 fully saturated rings. The molecule has 3 heteroatoms. The van der Waals surface area contributed by atoms with Crippen LogP contribution in [0.1, 0.15) is 85.5 Å². The zero-order chi connectivity index (χ0) is 19.4. The molecule has 0 radical (unpaired) electrons. The minimum Gasteiger partial charge on any atom is -0.463 e. The molecule has 0 aliphatic heterocycles. The summed E-state index contributed by atoms with van der Waals surface area (Å²) < 4.78 is 5.68. The SMILES string of the molecule is CC[C@]12CCC3[C@@H](CC=C4C[C@@H](O)CC[C@@]43C)C1CC[C@@H]2C(C)OC(C)=O. The van der Waals surface area contributed by atoms with Gasteiger partial charge in [-0.3, -0.25) is 4.79 Å². The normalized spacial score (nSPS) is 47.3. The number of aliphatic hydroxyl groups is 1. The molecule has 3 nitrogen and oxygen atoms in total. The van der Waals surface area contributed by atoms with E-state index in [0.717, 1.165) is 37.0 Å². The van der Waals surface area contributed by atoms with Crippen LogP contribution in [-0.4, -0.2) is 23.3 Å². The summed E-state index contributed by atoms with van der Waals surface area (Å²) in [6.45, 7) is 8.54. The van der Waals surface area contributed by atoms with E-state index in [-0.39, 0.29) is 18.2 Å². The fraction of sp³-hybridized carbons (Fsp3) is 0.875. The van der Waals surface area contributed by atoms with Gasteiger partial charge < -0.3 is 9.84 Å². The van der Waals surface area contributed by atoms with Crippen molar-refractivity contribution in [2.75, 3.05) is 0 Å². The average molecular weight is 375 g/mol. The molecule has 4 rings (SSSR count). The second kappa shape index (κ2) is 6.90. The number of hydrogen-bond acceptors (Lipinski definition) is 3. The lowest BCUT2D eigenvalue weighted by Gasteiger charge is -2.59. The van der Waals surface area contributed by atoms with E-state index in [1.807, 2.05) is 0 Å². The van der Waals surface area contributed by atoms with Crippen molar-refractivity contribution < 1.29 is 14.6 Å². The maximum absolute atomic E-state index is 11.6. The Morgan fingerprint density at radius 1 is 1.26 bits per heavy atom. The molecule has 0 bridgehead atoms. The first kappa shape index (κ1) is 19.5. The number of aliphatic hydroxyl groups excluding tert-OH is 1. The highest BCUT2D eigenvalue weighted by Gasteiger charge is 2.60. The molecular formula is C24H38O3. The second-order valence-electron chi connectivity index (χ2n) is 10.3. The van der Waals surface area contributed by atoms with E-state index in [4.69, 9.17) is 4.74 Å². The Hall–Kier alpha value is -0.830. The molecule has 0 aromatic rings. The molecule has 4 aliphatic rings. The number of carbonyl (C=O) groups excluding carboxylic acids is 1. The van der Waals surface area contributed by atoms with Gasteiger partial charge in [-0.25, -0.2) is 0 Å². The van der Waals surface area contributed by atoms with Crippen LogP contribution < -0.4 is 0 Å². The molecule has 0 aromatic heterocycles. The van der Waals surface area contributed by atoms with Crippen LogP contribution in [0.25, 0.3) is 0 Å². The summed E-state index contributed by atoms with van der Waals surface area (Å²) in [6.07, 6.45) is 13.0. The third-order valence-electron chi connectivity index (χ3n) is 9.44. The first-order chi connectivity index (χ1) is 12.8. The average Bonchev–Trinajstić information content (AvgIpc) is 3.02. The molecular weight excluding hydrogens is 336 g/mol. The first-order valence-corrected chi connectivity index (χ1v) is 11.4. The Labute approximate surface area is 164 Å². The third kappa shape index (κ3) is 2.91. The van der Waals surface area contributed by atoms with E-state index in [1.54, 1.807) is 12.5 Å². The summed E-state index contributed by atoms with van der Waals surface area (Å²) >= 11 is 0. The van der Waals surface area contributed by atoms with Crippen LogP contribution in [0.2, 0.25) is 0 Å². The Bertz CT molecular complexity index is 625. The molecule has 4 aliphatic carbocycles. The Morgan fingerprint density at radius 3 is 2.74 bits per heavy atom. The summed E-state index contributed by atoms with van der Waals surface area (Å²) in [5, 5.41) is 10.2. The van der Waals surface area contributed by atoms with Crippen molar-refractivity contribution in [2.45, 2.75) is 97.7 Å². The van der Waals surface area contributed by atoms with Gasteiger partial charge in [0.05, 0.1) is 6.10 Å². The van der Waals surface area contributed by atoms with Crippen molar-refractivity contribution >= 4 is 5.97 Å². The van der Waals surface area contributed by atoms with E-state index in [9.17, 15) is 9.90 Å². The predicted molar refractivity (Wildman–Crippen MR) is 107 cm³/mol. The molecule has 0 spiro atoms. The number of esters is 1. The van der Waals surface area contributed by atoms with Crippen molar-refractivity contribution in [2.24, 2.45) is 34.5 Å². The van der Waals surface area contributed by atoms with Crippen molar-refractivity contribution in [3.8, 4) is 0 Å². The standard InChI is InChI=1S/C24H38O3/c1-5-24-13-11-21-19(7-6-17-14-18(26)10-12-23(17,21)4)22(24)9-8-20(24)15(2)27-16(3)25/h6,15,18-22,26H,5,7-14H2,1-4H3/t15?,18-,19+,20+,21?,22?,23-,24+/m0/s1. The molecule has 0 saturated heterocycles. The topological polar surface area (TPSA) is 46.5 Å². The smallest absolute Gasteiger partial charge is 0.302 e. The van der Waals surface area contributed by atoms with E-state index >= 15 is 0 Å². The predicted octanol–water partition coefficient (Wildman–Crippen LogP) is 5.27. The maximum Gasteiger partial charge on any atom is 0.302 e. The lowest BCUT2D eigenvalue weighted by Crippen LogP contribution is -2.52. The van der Waals surface area contributed by atoms with Crippen molar-refractivity contribution in [3.05, 3.63) is 11.6 Å². The quantitative estimate of drug-likeness (QED) is 0.541. The third-order valence-corrected chi connectivity index (χ3v) is 9.44. The summed E-state index contributed by atoms with van der Waals surface area (Å²) in [6, 6.07) is 0. The maximum atomic E-state index is 11.6. The fourth-order valence-electron chi connectivity index (χ4n) is 8.24. The van der Waals surface area contributed by atoms with Crippen LogP contribution in [0.3, 0.4) is 0 Å². The molecule has 0 aromatic carbocycles. The van der Waals surface area contributed by atoms with Gasteiger partial charge in [-0.15, -0.1) is 0 Å². The number of carbonyl (C=O) groups is 1. The Kier molecular flexibility index (Phi) is 4.98. The number of ether oxygens (including phenoxy) is 1. The number of allylic oxidation sites excluding steroid dienone is 1. The first-order valence-electron chi connectivity index (χ1n) is 11.4. The number of fused-ring (bicyclic) bond motifs is 5. The van der Waals surface area contributed by atoms with Crippen LogP contribution in [-0.2, 0) is 9.53 Å². The summed E-state index contributed by atoms with van der Waals surface area (Å²) in [7, 11) is 0. The summed E-state index contributed by atoms with van der Waals surface area (Å²) in [4.78, 5) is 11.6. The van der Waals surface area contributed by atoms with Crippen LogP contribution in [0.5, 0.6) is 0 Å². The zero-order valence-corrected chi connectivity index (χ0v) is 17.7. The molecule has 3 unspecified atom stereocenters. The molecule has 0 amide bonds. The molecule has 0 heterocycles. The van der Waals surface area contributed by atoms with Crippen molar-refractivity contribution in [1.82, 2.24) is 0 Å². The monoisotopic (exact) mass is 374 g/mol. The van der Waals surface area contributed by atoms with E-state index in [1.165, 1.54) is 38.5 Å². The van der Waals surface area contributed by atoms with Crippen LogP contribution in [0.4, 0.5) is 0 Å². The Balaban J connectivity index is 1.62. The van der Waals surface area contributed by atoms with Gasteiger partial charge in [0.2, 0.25) is 0 Å². The molecule has 27 heavy (non-hydrogen) atoms. The lowest BCUT2D eigenvalue weighted by molar-refractivity contribution is -0.153. The fourth-order valence-corrected chi connectivity index (χ4v) is 8.24. The van der Waals surface area contributed by atoms with Gasteiger partial charge >= 0.3 is 5.97 Å². The summed E-state index contributed by atoms with van der Waals surface area (Å²) in [5.41, 5.74) is 2.21. The van der Waals surface area contributed by atoms with Crippen LogP contribution in [0, 0.1) is 34.5 Å². The number of rotatable bonds is 3. The van der Waals surface area contributed by atoms with E-state index in [2.05, 4.69) is 26.8 Å². The van der Waals surface area contributed by atoms with Gasteiger partial charge in [-0.05, 0) is 93.3 Å². The Morgan fingerprint density at radius 2 is 2.04 bits per heavy atom. The lowest BCUT2D eigenvalue weighted by atomic mass is 9.46. The van der Waals surface area contributed by atoms with Gasteiger partial charge in [0.15, 0.2) is 0 Å². The van der Waals surface area contributed by atoms with Gasteiger partial charge in [-0.1, -0.05) is 25.5 Å². The highest BCUT2D eigenvalue weighted by atomic mass is 16.5. The second-order valence-corrected chi connectivity index (χ2v) is 10.3. The van der Waals surface area contributed by atoms with Gasteiger partial charge in [0.25, 0.3) is 0 Å².